The van der Waals surface area contributed by atoms with Crippen molar-refractivity contribution < 1.29 is 4.79 Å². The van der Waals surface area contributed by atoms with Gasteiger partial charge in [-0.05, 0) is 68.6 Å². The minimum absolute atomic E-state index is 0.223. The van der Waals surface area contributed by atoms with Crippen molar-refractivity contribution in [1.82, 2.24) is 15.2 Å². The van der Waals surface area contributed by atoms with Gasteiger partial charge in [0.15, 0.2) is 0 Å². The van der Waals surface area contributed by atoms with Crippen LogP contribution in [0.15, 0.2) is 30.3 Å². The minimum Gasteiger partial charge on any atom is -0.357 e. The van der Waals surface area contributed by atoms with E-state index in [1.165, 1.54) is 29.4 Å². The average molecular weight is 325 g/mol. The zero-order chi connectivity index (χ0) is 16.4. The number of hydrogen-bond acceptors (Lipinski definition) is 2. The molecule has 1 aromatic heterocycles. The van der Waals surface area contributed by atoms with Crippen LogP contribution in [0.25, 0.3) is 10.9 Å². The molecule has 0 spiro atoms. The molecule has 3 heterocycles. The summed E-state index contributed by atoms with van der Waals surface area (Å²) in [4.78, 5) is 18.5. The van der Waals surface area contributed by atoms with Gasteiger partial charge in [-0.3, -0.25) is 4.79 Å². The Hall–Kier alpha value is -1.81. The lowest BCUT2D eigenvalue weighted by Crippen LogP contribution is -2.38. The number of fused-ring (bicyclic) bond motifs is 1. The van der Waals surface area contributed by atoms with Gasteiger partial charge in [0.05, 0.1) is 6.04 Å². The fraction of sp³-hybridized carbons (Fsp3) is 0.550. The Morgan fingerprint density at radius 1 is 1.21 bits per heavy atom. The highest BCUT2D eigenvalue weighted by atomic mass is 16.2. The summed E-state index contributed by atoms with van der Waals surface area (Å²) >= 11 is 0. The number of rotatable bonds is 4. The van der Waals surface area contributed by atoms with Gasteiger partial charge in [0.2, 0.25) is 5.91 Å². The summed E-state index contributed by atoms with van der Waals surface area (Å²) in [6.07, 6.45) is 6.36. The van der Waals surface area contributed by atoms with Crippen LogP contribution < -0.4 is 5.32 Å². The molecule has 2 unspecified atom stereocenters. The fourth-order valence-corrected chi connectivity index (χ4v) is 4.26. The number of piperidine rings is 1. The summed E-state index contributed by atoms with van der Waals surface area (Å²) in [5.74, 6) is 1.02. The number of benzene rings is 1. The number of carbonyl (C=O) groups excluding carboxylic acids is 1. The second kappa shape index (κ2) is 6.98. The molecule has 128 valence electrons. The minimum atomic E-state index is 0.223. The molecule has 0 aliphatic carbocycles. The standard InChI is InChI=1S/C20H27N3O/c24-20(9-8-15-10-11-21-14-15)23-12-4-3-7-19(23)18-13-16-5-1-2-6-17(16)22-18/h1-2,5-6,13,15,19,21-22H,3-4,7-12,14H2. The number of aromatic amines is 1. The van der Waals surface area contributed by atoms with Gasteiger partial charge in [-0.15, -0.1) is 0 Å². The van der Waals surface area contributed by atoms with Gasteiger partial charge in [-0.25, -0.2) is 0 Å². The lowest BCUT2D eigenvalue weighted by Gasteiger charge is -2.35. The molecule has 4 rings (SSSR count). The molecule has 2 aliphatic rings. The molecule has 2 saturated heterocycles. The van der Waals surface area contributed by atoms with Crippen LogP contribution in [0.2, 0.25) is 0 Å². The number of aromatic nitrogens is 1. The van der Waals surface area contributed by atoms with Gasteiger partial charge in [-0.2, -0.15) is 0 Å². The molecule has 2 N–H and O–H groups in total. The molecule has 0 saturated carbocycles. The summed E-state index contributed by atoms with van der Waals surface area (Å²) in [5.41, 5.74) is 2.37. The van der Waals surface area contributed by atoms with Gasteiger partial charge in [0, 0.05) is 24.2 Å². The lowest BCUT2D eigenvalue weighted by molar-refractivity contribution is -0.135. The first-order valence-corrected chi connectivity index (χ1v) is 9.39. The van der Waals surface area contributed by atoms with Crippen LogP contribution in [-0.4, -0.2) is 35.4 Å². The van der Waals surface area contributed by atoms with Crippen LogP contribution >= 0.6 is 0 Å². The third-order valence-electron chi connectivity index (χ3n) is 5.66. The zero-order valence-corrected chi connectivity index (χ0v) is 14.3. The van der Waals surface area contributed by atoms with E-state index >= 15 is 0 Å². The van der Waals surface area contributed by atoms with E-state index in [2.05, 4.69) is 45.5 Å². The summed E-state index contributed by atoms with van der Waals surface area (Å²) in [6, 6.07) is 10.8. The van der Waals surface area contributed by atoms with Crippen LogP contribution in [0.3, 0.4) is 0 Å². The second-order valence-electron chi connectivity index (χ2n) is 7.31. The van der Waals surface area contributed by atoms with Crippen molar-refractivity contribution in [3.05, 3.63) is 36.0 Å². The van der Waals surface area contributed by atoms with Crippen molar-refractivity contribution in [1.29, 1.82) is 0 Å². The number of nitrogens with one attached hydrogen (secondary N) is 2. The number of nitrogens with zero attached hydrogens (tertiary/aromatic N) is 1. The summed E-state index contributed by atoms with van der Waals surface area (Å²) in [6.45, 7) is 3.10. The Kier molecular flexibility index (Phi) is 4.56. The summed E-state index contributed by atoms with van der Waals surface area (Å²) < 4.78 is 0. The first kappa shape index (κ1) is 15.7. The first-order chi connectivity index (χ1) is 11.8. The third-order valence-corrected chi connectivity index (χ3v) is 5.66. The van der Waals surface area contributed by atoms with Crippen molar-refractivity contribution in [3.8, 4) is 0 Å². The van der Waals surface area contributed by atoms with E-state index in [1.807, 2.05) is 0 Å². The van der Waals surface area contributed by atoms with E-state index < -0.39 is 0 Å². The normalized spacial score (nSPS) is 24.6. The van der Waals surface area contributed by atoms with Gasteiger partial charge < -0.3 is 15.2 Å². The molecule has 2 fully saturated rings. The largest absolute Gasteiger partial charge is 0.357 e. The molecule has 4 heteroatoms. The van der Waals surface area contributed by atoms with Gasteiger partial charge >= 0.3 is 0 Å². The average Bonchev–Trinajstić information content (AvgIpc) is 3.29. The molecular formula is C20H27N3O. The lowest BCUT2D eigenvalue weighted by atomic mass is 9.97. The van der Waals surface area contributed by atoms with Crippen molar-refractivity contribution in [2.75, 3.05) is 19.6 Å². The highest BCUT2D eigenvalue weighted by Crippen LogP contribution is 2.33. The van der Waals surface area contributed by atoms with Crippen LogP contribution in [-0.2, 0) is 4.79 Å². The molecule has 2 aliphatic heterocycles. The number of carbonyl (C=O) groups is 1. The Morgan fingerprint density at radius 2 is 2.12 bits per heavy atom. The molecule has 2 aromatic rings. The molecule has 0 bridgehead atoms. The molecule has 1 amide bonds. The Bertz CT molecular complexity index is 669. The number of likely N-dealkylation sites (tertiary alicyclic amines) is 1. The Labute approximate surface area is 143 Å². The fourth-order valence-electron chi connectivity index (χ4n) is 4.26. The predicted molar refractivity (Wildman–Crippen MR) is 96.8 cm³/mol. The number of hydrogen-bond donors (Lipinski definition) is 2. The van der Waals surface area contributed by atoms with Crippen LogP contribution in [0.1, 0.15) is 50.3 Å². The van der Waals surface area contributed by atoms with Crippen LogP contribution in [0.4, 0.5) is 0 Å². The first-order valence-electron chi connectivity index (χ1n) is 9.39. The van der Waals surface area contributed by atoms with Crippen LogP contribution in [0.5, 0.6) is 0 Å². The Morgan fingerprint density at radius 3 is 2.96 bits per heavy atom. The maximum Gasteiger partial charge on any atom is 0.223 e. The number of amides is 1. The molecular weight excluding hydrogens is 298 g/mol. The van der Waals surface area contributed by atoms with Gasteiger partial charge in [0.1, 0.15) is 0 Å². The Balaban J connectivity index is 1.48. The van der Waals surface area contributed by atoms with Crippen molar-refractivity contribution in [2.45, 2.75) is 44.6 Å². The van der Waals surface area contributed by atoms with Crippen molar-refractivity contribution >= 4 is 16.8 Å². The van der Waals surface area contributed by atoms with E-state index in [1.54, 1.807) is 0 Å². The molecule has 24 heavy (non-hydrogen) atoms. The quantitative estimate of drug-likeness (QED) is 0.902. The van der Waals surface area contributed by atoms with E-state index in [-0.39, 0.29) is 6.04 Å². The van der Waals surface area contributed by atoms with E-state index in [0.29, 0.717) is 18.2 Å². The molecule has 1 aromatic carbocycles. The topological polar surface area (TPSA) is 48.1 Å². The molecule has 0 radical (unpaired) electrons. The van der Waals surface area contributed by atoms with Crippen molar-refractivity contribution in [3.63, 3.8) is 0 Å². The second-order valence-corrected chi connectivity index (χ2v) is 7.31. The third kappa shape index (κ3) is 3.20. The van der Waals surface area contributed by atoms with E-state index in [9.17, 15) is 4.79 Å². The van der Waals surface area contributed by atoms with Gasteiger partial charge in [0.25, 0.3) is 0 Å². The van der Waals surface area contributed by atoms with E-state index in [0.717, 1.165) is 38.9 Å². The molecule has 4 nitrogen and oxygen atoms in total. The molecule has 2 atom stereocenters. The van der Waals surface area contributed by atoms with Crippen LogP contribution in [0, 0.1) is 5.92 Å². The maximum atomic E-state index is 12.8. The SMILES string of the molecule is O=C(CCC1CCNC1)N1CCCCC1c1cc2ccccc2[nH]1. The summed E-state index contributed by atoms with van der Waals surface area (Å²) in [7, 11) is 0. The van der Waals surface area contributed by atoms with Crippen molar-refractivity contribution in [2.24, 2.45) is 5.92 Å². The summed E-state index contributed by atoms with van der Waals surface area (Å²) in [5, 5.41) is 4.63. The number of H-pyrrole nitrogens is 1. The monoisotopic (exact) mass is 325 g/mol. The maximum absolute atomic E-state index is 12.8. The zero-order valence-electron chi connectivity index (χ0n) is 14.3. The highest BCUT2D eigenvalue weighted by molar-refractivity contribution is 5.81. The van der Waals surface area contributed by atoms with Gasteiger partial charge in [-0.1, -0.05) is 18.2 Å². The number of para-hydroxylation sites is 1. The van der Waals surface area contributed by atoms with E-state index in [4.69, 9.17) is 0 Å². The predicted octanol–water partition coefficient (Wildman–Crippen LogP) is 3.61. The smallest absolute Gasteiger partial charge is 0.223 e. The highest BCUT2D eigenvalue weighted by Gasteiger charge is 2.29.